The van der Waals surface area contributed by atoms with Gasteiger partial charge in [-0.2, -0.15) is 0 Å². The van der Waals surface area contributed by atoms with Crippen LogP contribution >= 0.6 is 0 Å². The first-order chi connectivity index (χ1) is 22.8. The van der Waals surface area contributed by atoms with E-state index < -0.39 is 0 Å². The molecule has 0 amide bonds. The molecule has 5 aromatic carbocycles. The average molecular weight is 597 g/mol. The summed E-state index contributed by atoms with van der Waals surface area (Å²) in [5.74, 6) is 1.61. The summed E-state index contributed by atoms with van der Waals surface area (Å²) in [6, 6.07) is 46.3. The fourth-order valence-electron chi connectivity index (χ4n) is 6.23. The number of hydrogen-bond acceptors (Lipinski definition) is 4. The second-order valence-corrected chi connectivity index (χ2v) is 10.9. The van der Waals surface area contributed by atoms with Crippen molar-refractivity contribution < 1.29 is 9.47 Å². The molecule has 0 aliphatic heterocycles. The second-order valence-electron chi connectivity index (χ2n) is 10.9. The van der Waals surface area contributed by atoms with Gasteiger partial charge in [-0.15, -0.1) is 0 Å². The molecule has 0 bridgehead atoms. The van der Waals surface area contributed by atoms with E-state index in [0.717, 1.165) is 78.3 Å². The molecule has 0 unspecified atom stereocenters. The van der Waals surface area contributed by atoms with Crippen molar-refractivity contribution in [3.05, 3.63) is 158 Å². The quantitative estimate of drug-likeness (QED) is 0.175. The van der Waals surface area contributed by atoms with Crippen LogP contribution in [-0.4, -0.2) is 24.2 Å². The zero-order valence-corrected chi connectivity index (χ0v) is 25.7. The molecule has 0 atom stereocenters. The first-order valence-corrected chi connectivity index (χ1v) is 15.2. The minimum atomic E-state index is 0.804. The normalized spacial score (nSPS) is 10.8. The van der Waals surface area contributed by atoms with Crippen LogP contribution in [0, 0.1) is 0 Å². The monoisotopic (exact) mass is 596 g/mol. The first kappa shape index (κ1) is 28.8. The summed E-state index contributed by atoms with van der Waals surface area (Å²) >= 11 is 0. The summed E-state index contributed by atoms with van der Waals surface area (Å²) in [6.07, 6.45) is 7.57. The minimum Gasteiger partial charge on any atom is -0.497 e. The Morgan fingerprint density at radius 2 is 0.630 bits per heavy atom. The van der Waals surface area contributed by atoms with Crippen molar-refractivity contribution in [3.63, 3.8) is 0 Å². The highest BCUT2D eigenvalue weighted by atomic mass is 16.5. The second kappa shape index (κ2) is 12.9. The predicted octanol–water partition coefficient (Wildman–Crippen LogP) is 10.5. The summed E-state index contributed by atoms with van der Waals surface area (Å²) < 4.78 is 11.2. The third-order valence-electron chi connectivity index (χ3n) is 8.28. The maximum atomic E-state index is 5.59. The van der Waals surface area contributed by atoms with E-state index in [1.807, 2.05) is 61.2 Å². The molecule has 46 heavy (non-hydrogen) atoms. The summed E-state index contributed by atoms with van der Waals surface area (Å²) in [7, 11) is 3.40. The van der Waals surface area contributed by atoms with Crippen LogP contribution in [0.5, 0.6) is 11.5 Å². The molecule has 7 rings (SSSR count). The summed E-state index contributed by atoms with van der Waals surface area (Å²) in [5.41, 5.74) is 13.0. The molecule has 2 aromatic heterocycles. The fraction of sp³-hybridized carbons (Fsp3) is 0.0476. The van der Waals surface area contributed by atoms with Crippen LogP contribution < -0.4 is 9.47 Å². The van der Waals surface area contributed by atoms with Crippen LogP contribution in [0.15, 0.2) is 158 Å². The third-order valence-corrected chi connectivity index (χ3v) is 8.28. The van der Waals surface area contributed by atoms with Crippen molar-refractivity contribution in [2.24, 2.45) is 0 Å². The van der Waals surface area contributed by atoms with E-state index in [0.29, 0.717) is 0 Å². The average Bonchev–Trinajstić information content (AvgIpc) is 3.15. The lowest BCUT2D eigenvalue weighted by Gasteiger charge is -2.28. The van der Waals surface area contributed by atoms with Crippen molar-refractivity contribution in [2.75, 3.05) is 14.2 Å². The van der Waals surface area contributed by atoms with Crippen molar-refractivity contribution in [2.45, 2.75) is 0 Å². The van der Waals surface area contributed by atoms with Gasteiger partial charge in [-0.1, -0.05) is 97.1 Å². The highest BCUT2D eigenvalue weighted by molar-refractivity contribution is 6.14. The Kier molecular flexibility index (Phi) is 8.08. The van der Waals surface area contributed by atoms with Crippen LogP contribution in [0.2, 0.25) is 0 Å². The van der Waals surface area contributed by atoms with E-state index in [1.165, 1.54) is 0 Å². The summed E-state index contributed by atoms with van der Waals surface area (Å²) in [5, 5.41) is 0. The van der Waals surface area contributed by atoms with E-state index in [-0.39, 0.29) is 0 Å². The molecule has 4 heteroatoms. The molecule has 4 nitrogen and oxygen atoms in total. The zero-order valence-electron chi connectivity index (χ0n) is 25.7. The number of nitrogens with zero attached hydrogens (tertiary/aromatic N) is 2. The van der Waals surface area contributed by atoms with Crippen molar-refractivity contribution in [1.29, 1.82) is 0 Å². The van der Waals surface area contributed by atoms with Crippen molar-refractivity contribution in [3.8, 4) is 78.3 Å². The molecule has 222 valence electrons. The minimum absolute atomic E-state index is 0.804. The maximum absolute atomic E-state index is 5.59. The van der Waals surface area contributed by atoms with Gasteiger partial charge in [-0.3, -0.25) is 9.97 Å². The maximum Gasteiger partial charge on any atom is 0.118 e. The first-order valence-electron chi connectivity index (χ1n) is 15.2. The Morgan fingerprint density at radius 3 is 0.935 bits per heavy atom. The standard InChI is InChI=1S/C42H32N2O2/c1-45-35-21-17-31(18-22-35)39-37(29-11-5-3-6-12-29)41(33-15-9-25-43-27-33)42(34-16-10-26-44-28-34)38(30-13-7-4-8-14-30)40(39)32-19-23-36(46-2)24-20-32/h3-28H,1-2H3. The number of hydrogen-bond donors (Lipinski definition) is 0. The SMILES string of the molecule is COc1ccc(-c2c(-c3ccc(OC)cc3)c(-c3ccccc3)c(-c3cccnc3)c(-c3cccnc3)c2-c2ccccc2)cc1. The Balaban J connectivity index is 1.78. The van der Waals surface area contributed by atoms with E-state index in [1.54, 1.807) is 14.2 Å². The number of methoxy groups -OCH3 is 2. The van der Waals surface area contributed by atoms with Crippen LogP contribution in [0.4, 0.5) is 0 Å². The lowest BCUT2D eigenvalue weighted by Crippen LogP contribution is -2.02. The van der Waals surface area contributed by atoms with Gasteiger partial charge < -0.3 is 9.47 Å². The smallest absolute Gasteiger partial charge is 0.118 e. The van der Waals surface area contributed by atoms with Gasteiger partial charge in [0.25, 0.3) is 0 Å². The van der Waals surface area contributed by atoms with Gasteiger partial charge in [0.05, 0.1) is 14.2 Å². The molecule has 0 aliphatic carbocycles. The Morgan fingerprint density at radius 1 is 0.326 bits per heavy atom. The Bertz CT molecular complexity index is 1910. The van der Waals surface area contributed by atoms with Gasteiger partial charge in [-0.25, -0.2) is 0 Å². The van der Waals surface area contributed by atoms with Crippen LogP contribution in [-0.2, 0) is 0 Å². The van der Waals surface area contributed by atoms with Gasteiger partial charge in [0.2, 0.25) is 0 Å². The Labute approximate surface area is 269 Å². The molecule has 0 fully saturated rings. The van der Waals surface area contributed by atoms with Gasteiger partial charge in [-0.05, 0) is 80.9 Å². The van der Waals surface area contributed by atoms with E-state index in [2.05, 4.69) is 107 Å². The van der Waals surface area contributed by atoms with E-state index in [4.69, 9.17) is 9.47 Å². The molecular formula is C42H32N2O2. The number of benzene rings is 5. The van der Waals surface area contributed by atoms with Crippen LogP contribution in [0.25, 0.3) is 66.8 Å². The van der Waals surface area contributed by atoms with Gasteiger partial charge in [0.15, 0.2) is 0 Å². The topological polar surface area (TPSA) is 44.2 Å². The van der Waals surface area contributed by atoms with Gasteiger partial charge >= 0.3 is 0 Å². The van der Waals surface area contributed by atoms with Crippen LogP contribution in [0.1, 0.15) is 0 Å². The number of rotatable bonds is 8. The Hall–Kier alpha value is -6.00. The van der Waals surface area contributed by atoms with E-state index >= 15 is 0 Å². The zero-order chi connectivity index (χ0) is 31.3. The molecule has 0 saturated carbocycles. The highest BCUT2D eigenvalue weighted by Crippen LogP contribution is 2.55. The predicted molar refractivity (Wildman–Crippen MR) is 188 cm³/mol. The van der Waals surface area contributed by atoms with Crippen molar-refractivity contribution >= 4 is 0 Å². The molecule has 7 aromatic rings. The fourth-order valence-corrected chi connectivity index (χ4v) is 6.23. The van der Waals surface area contributed by atoms with Gasteiger partial charge in [0, 0.05) is 47.0 Å². The number of aromatic nitrogens is 2. The summed E-state index contributed by atoms with van der Waals surface area (Å²) in [6.45, 7) is 0. The number of pyridine rings is 2. The molecular weight excluding hydrogens is 564 g/mol. The van der Waals surface area contributed by atoms with Crippen LogP contribution in [0.3, 0.4) is 0 Å². The lowest BCUT2D eigenvalue weighted by atomic mass is 9.74. The van der Waals surface area contributed by atoms with E-state index in [9.17, 15) is 0 Å². The van der Waals surface area contributed by atoms with Gasteiger partial charge in [0.1, 0.15) is 11.5 Å². The summed E-state index contributed by atoms with van der Waals surface area (Å²) in [4.78, 5) is 9.22. The lowest BCUT2D eigenvalue weighted by molar-refractivity contribution is 0.414. The van der Waals surface area contributed by atoms with Crippen molar-refractivity contribution in [1.82, 2.24) is 9.97 Å². The molecule has 0 radical (unpaired) electrons. The molecule has 2 heterocycles. The molecule has 0 aliphatic rings. The largest absolute Gasteiger partial charge is 0.497 e. The highest BCUT2D eigenvalue weighted by Gasteiger charge is 2.29. The molecule has 0 spiro atoms. The third kappa shape index (κ3) is 5.42. The molecule has 0 N–H and O–H groups in total. The number of ether oxygens (including phenoxy) is 2. The molecule has 0 saturated heterocycles.